The van der Waals surface area contributed by atoms with Crippen LogP contribution in [0.5, 0.6) is 11.5 Å². The summed E-state index contributed by atoms with van der Waals surface area (Å²) in [5.74, 6) is -0.715. The molecule has 1 atom stereocenters. The second kappa shape index (κ2) is 9.41. The maximum atomic E-state index is 12.4. The molecule has 0 spiro atoms. The summed E-state index contributed by atoms with van der Waals surface area (Å²) in [5.41, 5.74) is -0.0895. The number of aromatic carboxylic acids is 1. The minimum absolute atomic E-state index is 0.0145. The lowest BCUT2D eigenvalue weighted by Crippen LogP contribution is -2.25. The highest BCUT2D eigenvalue weighted by Crippen LogP contribution is 2.42. The van der Waals surface area contributed by atoms with Crippen LogP contribution in [-0.2, 0) is 4.74 Å². The minimum atomic E-state index is -4.70. The summed E-state index contributed by atoms with van der Waals surface area (Å²) in [5, 5.41) is 9.51. The maximum Gasteiger partial charge on any atom is 0.522 e. The van der Waals surface area contributed by atoms with Crippen molar-refractivity contribution in [3.63, 3.8) is 0 Å². The van der Waals surface area contributed by atoms with E-state index >= 15 is 0 Å². The highest BCUT2D eigenvalue weighted by molar-refractivity contribution is 6.32. The zero-order chi connectivity index (χ0) is 23.6. The van der Waals surface area contributed by atoms with Gasteiger partial charge in [-0.1, -0.05) is 25.4 Å². The van der Waals surface area contributed by atoms with Crippen LogP contribution in [0.15, 0.2) is 29.2 Å². The van der Waals surface area contributed by atoms with Crippen molar-refractivity contribution < 1.29 is 37.3 Å². The molecule has 32 heavy (non-hydrogen) atoms. The molecule has 0 fully saturated rings. The van der Waals surface area contributed by atoms with Gasteiger partial charge in [-0.05, 0) is 12.0 Å². The summed E-state index contributed by atoms with van der Waals surface area (Å²) < 4.78 is 53.0. The Hall–Kier alpha value is -2.72. The third-order valence-corrected chi connectivity index (χ3v) is 5.26. The van der Waals surface area contributed by atoms with Gasteiger partial charge in [-0.25, -0.2) is 4.79 Å². The van der Waals surface area contributed by atoms with E-state index in [9.17, 15) is 27.9 Å². The second-order valence-electron chi connectivity index (χ2n) is 7.55. The van der Waals surface area contributed by atoms with Crippen LogP contribution in [0.2, 0.25) is 5.02 Å². The van der Waals surface area contributed by atoms with Crippen LogP contribution in [0, 0.1) is 5.92 Å². The molecule has 2 aromatic rings. The lowest BCUT2D eigenvalue weighted by atomic mass is 10.0. The average Bonchev–Trinajstić information content (AvgIpc) is 2.82. The van der Waals surface area contributed by atoms with E-state index < -0.39 is 24.4 Å². The normalized spacial score (nSPS) is 15.5. The van der Waals surface area contributed by atoms with Gasteiger partial charge in [0.05, 0.1) is 30.0 Å². The summed E-state index contributed by atoms with van der Waals surface area (Å²) in [6.45, 7) is 3.45. The molecule has 0 saturated carbocycles. The van der Waals surface area contributed by atoms with Gasteiger partial charge in [0.15, 0.2) is 5.43 Å². The molecule has 7 nitrogen and oxygen atoms in total. The number of pyridine rings is 1. The van der Waals surface area contributed by atoms with Crippen molar-refractivity contribution in [3.05, 3.63) is 45.2 Å². The van der Waals surface area contributed by atoms with Crippen LogP contribution < -0.4 is 14.9 Å². The van der Waals surface area contributed by atoms with Gasteiger partial charge < -0.3 is 19.1 Å². The minimum Gasteiger partial charge on any atom is -0.492 e. The monoisotopic (exact) mass is 475 g/mol. The number of ether oxygens (including phenoxy) is 3. The van der Waals surface area contributed by atoms with Gasteiger partial charge >= 0.3 is 12.3 Å². The van der Waals surface area contributed by atoms with Gasteiger partial charge in [0.1, 0.15) is 23.7 Å². The summed E-state index contributed by atoms with van der Waals surface area (Å²) in [4.78, 5) is 23.8. The number of carbonyl (C=O) groups is 1. The molecule has 0 radical (unpaired) electrons. The average molecular weight is 476 g/mol. The van der Waals surface area contributed by atoms with Crippen molar-refractivity contribution in [1.29, 1.82) is 0 Å². The summed E-state index contributed by atoms with van der Waals surface area (Å²) in [6, 6.07) is 3.99. The van der Waals surface area contributed by atoms with E-state index in [4.69, 9.17) is 21.1 Å². The number of fused-ring (bicyclic) bond motifs is 3. The van der Waals surface area contributed by atoms with E-state index in [1.54, 1.807) is 4.57 Å². The first-order valence-corrected chi connectivity index (χ1v) is 10.2. The molecule has 0 amide bonds. The smallest absolute Gasteiger partial charge is 0.492 e. The fourth-order valence-corrected chi connectivity index (χ4v) is 3.58. The van der Waals surface area contributed by atoms with Crippen molar-refractivity contribution >= 4 is 17.6 Å². The molecule has 2 heterocycles. The van der Waals surface area contributed by atoms with Crippen molar-refractivity contribution in [2.24, 2.45) is 5.92 Å². The zero-order valence-electron chi connectivity index (χ0n) is 17.2. The van der Waals surface area contributed by atoms with Crippen LogP contribution >= 0.6 is 11.6 Å². The molecule has 1 aliphatic heterocycles. The number of carboxylic acid groups (broad SMARTS) is 1. The number of benzene rings is 1. The number of nitrogens with zero attached hydrogens (tertiary/aromatic N) is 1. The van der Waals surface area contributed by atoms with E-state index in [1.807, 2.05) is 13.8 Å². The van der Waals surface area contributed by atoms with E-state index in [-0.39, 0.29) is 47.9 Å². The Bertz CT molecular complexity index is 1070. The van der Waals surface area contributed by atoms with Gasteiger partial charge in [0.25, 0.3) is 0 Å². The van der Waals surface area contributed by atoms with Gasteiger partial charge in [0.2, 0.25) is 0 Å². The lowest BCUT2D eigenvalue weighted by molar-refractivity contribution is -0.324. The molecule has 0 aliphatic carbocycles. The van der Waals surface area contributed by atoms with E-state index in [0.29, 0.717) is 17.0 Å². The second-order valence-corrected chi connectivity index (χ2v) is 7.95. The van der Waals surface area contributed by atoms with E-state index in [0.717, 1.165) is 0 Å². The molecule has 1 aromatic heterocycles. The summed E-state index contributed by atoms with van der Waals surface area (Å²) in [7, 11) is 0. The van der Waals surface area contributed by atoms with E-state index in [1.165, 1.54) is 24.4 Å². The number of alkyl halides is 3. The first-order valence-electron chi connectivity index (χ1n) is 9.77. The van der Waals surface area contributed by atoms with Crippen molar-refractivity contribution in [1.82, 2.24) is 4.57 Å². The molecule has 11 heteroatoms. The highest BCUT2D eigenvalue weighted by atomic mass is 35.5. The number of hydrogen-bond acceptors (Lipinski definition) is 5. The SMILES string of the molecule is CC(C)C1COc2cc(OCCCOC(F)(F)F)c(Cl)cc2-c2cc(=O)c(C(=O)O)cn21. The van der Waals surface area contributed by atoms with Crippen molar-refractivity contribution in [2.45, 2.75) is 32.7 Å². The zero-order valence-corrected chi connectivity index (χ0v) is 18.0. The predicted molar refractivity (Wildman–Crippen MR) is 110 cm³/mol. The van der Waals surface area contributed by atoms with Gasteiger partial charge in [-0.2, -0.15) is 0 Å². The Morgan fingerprint density at radius 3 is 2.66 bits per heavy atom. The maximum absolute atomic E-state index is 12.4. The fourth-order valence-electron chi connectivity index (χ4n) is 3.36. The summed E-state index contributed by atoms with van der Waals surface area (Å²) in [6.07, 6.45) is -3.41. The molecule has 1 aromatic carbocycles. The van der Waals surface area contributed by atoms with Crippen LogP contribution in [0.25, 0.3) is 11.3 Å². The van der Waals surface area contributed by atoms with Crippen LogP contribution in [0.4, 0.5) is 13.2 Å². The van der Waals surface area contributed by atoms with E-state index in [2.05, 4.69) is 4.74 Å². The topological polar surface area (TPSA) is 87.0 Å². The number of carboxylic acids is 1. The number of hydrogen-bond donors (Lipinski definition) is 1. The quantitative estimate of drug-likeness (QED) is 0.581. The molecule has 1 unspecified atom stereocenters. The number of rotatable bonds is 7. The first-order chi connectivity index (χ1) is 15.0. The molecule has 174 valence electrons. The molecule has 0 bridgehead atoms. The lowest BCUT2D eigenvalue weighted by Gasteiger charge is -2.24. The molecule has 3 rings (SSSR count). The summed E-state index contributed by atoms with van der Waals surface area (Å²) >= 11 is 6.31. The van der Waals surface area contributed by atoms with Gasteiger partial charge in [-0.3, -0.25) is 9.53 Å². The van der Waals surface area contributed by atoms with Gasteiger partial charge in [0, 0.05) is 30.3 Å². The Morgan fingerprint density at radius 1 is 1.31 bits per heavy atom. The van der Waals surface area contributed by atoms with Crippen LogP contribution in [-0.4, -0.2) is 41.8 Å². The standard InChI is InChI=1S/C21H21ClF3NO6/c1-11(2)16-10-31-18-8-19(30-4-3-5-32-21(23,24)25)14(22)6-12(18)15-7-17(27)13(20(28)29)9-26(15)16/h6-9,11,16H,3-5,10H2,1-2H3,(H,28,29). The molecular weight excluding hydrogens is 455 g/mol. The molecule has 1 aliphatic rings. The third-order valence-electron chi connectivity index (χ3n) is 4.97. The van der Waals surface area contributed by atoms with Crippen molar-refractivity contribution in [2.75, 3.05) is 19.8 Å². The first kappa shape index (κ1) is 23.9. The Balaban J connectivity index is 1.93. The Labute approximate surface area is 186 Å². The molecule has 1 N–H and O–H groups in total. The third kappa shape index (κ3) is 5.36. The van der Waals surface area contributed by atoms with Crippen LogP contribution in [0.3, 0.4) is 0 Å². The molecule has 0 saturated heterocycles. The highest BCUT2D eigenvalue weighted by Gasteiger charge is 2.29. The largest absolute Gasteiger partial charge is 0.522 e. The predicted octanol–water partition coefficient (Wildman–Crippen LogP) is 4.76. The Kier molecular flexibility index (Phi) is 7.04. The fraction of sp³-hybridized carbons (Fsp3) is 0.429. The van der Waals surface area contributed by atoms with Crippen molar-refractivity contribution in [3.8, 4) is 22.8 Å². The number of aromatic nitrogens is 1. The molecular formula is C21H21ClF3NO6. The van der Waals surface area contributed by atoms with Gasteiger partial charge in [-0.15, -0.1) is 13.2 Å². The number of halogens is 4. The Morgan fingerprint density at radius 2 is 2.03 bits per heavy atom. The van der Waals surface area contributed by atoms with Crippen LogP contribution in [0.1, 0.15) is 36.7 Å².